The first-order valence-electron chi connectivity index (χ1n) is 12.3. The molecule has 2 fully saturated rings. The zero-order valence-corrected chi connectivity index (χ0v) is 21.9. The van der Waals surface area contributed by atoms with Crippen LogP contribution in [0.1, 0.15) is 42.5 Å². The Labute approximate surface area is 227 Å². The summed E-state index contributed by atoms with van der Waals surface area (Å²) in [6.45, 7) is 3.65. The van der Waals surface area contributed by atoms with Gasteiger partial charge in [0.1, 0.15) is 16.5 Å². The fourth-order valence-corrected chi connectivity index (χ4v) is 5.83. The number of anilines is 2. The summed E-state index contributed by atoms with van der Waals surface area (Å²) < 4.78 is 86.4. The van der Waals surface area contributed by atoms with Gasteiger partial charge in [-0.05, 0) is 75.2 Å². The second-order valence-electron chi connectivity index (χ2n) is 9.34. The van der Waals surface area contributed by atoms with Crippen molar-refractivity contribution in [1.29, 1.82) is 0 Å². The number of halogens is 5. The van der Waals surface area contributed by atoms with Gasteiger partial charge in [-0.15, -0.1) is 0 Å². The molecule has 0 saturated carbocycles. The number of alkyl halides is 3. The summed E-state index contributed by atoms with van der Waals surface area (Å²) in [5.41, 5.74) is 0.425. The fraction of sp³-hybridized carbons (Fsp3) is 0.440. The van der Waals surface area contributed by atoms with Gasteiger partial charge in [0.15, 0.2) is 0 Å². The fourth-order valence-electron chi connectivity index (χ4n) is 4.70. The number of rotatable bonds is 6. The number of hydrogen-bond acceptors (Lipinski definition) is 6. The van der Waals surface area contributed by atoms with Gasteiger partial charge in [-0.1, -0.05) is 6.42 Å². The molecular weight excluding hydrogens is 565 g/mol. The van der Waals surface area contributed by atoms with E-state index in [1.54, 1.807) is 6.07 Å². The molecule has 0 bridgehead atoms. The van der Waals surface area contributed by atoms with Crippen LogP contribution >= 0.6 is 0 Å². The van der Waals surface area contributed by atoms with Crippen molar-refractivity contribution in [1.82, 2.24) is 4.90 Å². The Bertz CT molecular complexity index is 1320. The highest BCUT2D eigenvalue weighted by molar-refractivity contribution is 7.92. The van der Waals surface area contributed by atoms with Crippen LogP contribution in [-0.4, -0.2) is 73.9 Å². The van der Waals surface area contributed by atoms with Crippen molar-refractivity contribution in [3.8, 4) is 0 Å². The molecule has 0 aromatic heterocycles. The van der Waals surface area contributed by atoms with Crippen LogP contribution < -0.4 is 9.62 Å². The molecule has 0 radical (unpaired) electrons. The number of nitrogens with one attached hydrogen (secondary N) is 1. The summed E-state index contributed by atoms with van der Waals surface area (Å²) in [5, 5.41) is 16.9. The standard InChI is InChI=1S/C23H27F2N3O4S.C2HF3O2/c24-16-4-6-20(25)22(14-16)33(31,32)26-17-5-7-21(19(15-17)23(29)30)28-12-8-18(9-13-28)27-10-2-1-3-11-27;3-2(4,5)1(6)7/h4-7,14-15,18,26H,1-3,8-13H2,(H,29,30);(H,6,7). The Morgan fingerprint density at radius 1 is 0.900 bits per heavy atom. The normalized spacial score (nSPS) is 17.1. The molecule has 40 heavy (non-hydrogen) atoms. The topological polar surface area (TPSA) is 127 Å². The summed E-state index contributed by atoms with van der Waals surface area (Å²) >= 11 is 0. The van der Waals surface area contributed by atoms with Crippen molar-refractivity contribution in [2.75, 3.05) is 35.8 Å². The Kier molecular flexibility index (Phi) is 9.95. The summed E-state index contributed by atoms with van der Waals surface area (Å²) in [5.74, 6) is -5.95. The number of aliphatic carboxylic acids is 1. The molecule has 2 saturated heterocycles. The second-order valence-corrected chi connectivity index (χ2v) is 11.0. The molecule has 2 aliphatic heterocycles. The number of piperidine rings is 2. The average Bonchev–Trinajstić information content (AvgIpc) is 2.90. The molecule has 15 heteroatoms. The van der Waals surface area contributed by atoms with E-state index in [0.717, 1.165) is 38.1 Å². The van der Waals surface area contributed by atoms with Crippen LogP contribution in [0, 0.1) is 11.6 Å². The summed E-state index contributed by atoms with van der Waals surface area (Å²) in [6.07, 6.45) is 0.512. The maximum absolute atomic E-state index is 14.0. The first kappa shape index (κ1) is 31.1. The maximum atomic E-state index is 14.0. The number of carboxylic acids is 2. The number of benzene rings is 2. The van der Waals surface area contributed by atoms with Crippen molar-refractivity contribution in [3.63, 3.8) is 0 Å². The van der Waals surface area contributed by atoms with Crippen LogP contribution in [0.25, 0.3) is 0 Å². The molecular formula is C25H28F5N3O6S. The Hall–Kier alpha value is -3.46. The Morgan fingerprint density at radius 3 is 2.05 bits per heavy atom. The molecule has 2 aromatic carbocycles. The van der Waals surface area contributed by atoms with Gasteiger partial charge in [0.05, 0.1) is 11.3 Å². The highest BCUT2D eigenvalue weighted by Gasteiger charge is 2.38. The van der Waals surface area contributed by atoms with Gasteiger partial charge in [-0.25, -0.2) is 26.8 Å². The van der Waals surface area contributed by atoms with Crippen molar-refractivity contribution in [3.05, 3.63) is 53.6 Å². The zero-order chi connectivity index (χ0) is 29.7. The highest BCUT2D eigenvalue weighted by atomic mass is 32.2. The SMILES string of the molecule is O=C(O)C(F)(F)F.O=C(O)c1cc(NS(=O)(=O)c2cc(F)ccc2F)ccc1N1CCC(N2CCCCC2)CC1. The highest BCUT2D eigenvalue weighted by Crippen LogP contribution is 2.30. The predicted octanol–water partition coefficient (Wildman–Crippen LogP) is 4.55. The molecule has 0 unspecified atom stereocenters. The number of carbonyl (C=O) groups is 2. The summed E-state index contributed by atoms with van der Waals surface area (Å²) in [4.78, 5) is 24.5. The number of sulfonamides is 1. The van der Waals surface area contributed by atoms with Gasteiger partial charge < -0.3 is 20.0 Å². The van der Waals surface area contributed by atoms with E-state index in [1.165, 1.54) is 31.4 Å². The minimum Gasteiger partial charge on any atom is -0.478 e. The van der Waals surface area contributed by atoms with Gasteiger partial charge in [-0.3, -0.25) is 4.72 Å². The lowest BCUT2D eigenvalue weighted by atomic mass is 9.98. The lowest BCUT2D eigenvalue weighted by Gasteiger charge is -2.41. The number of nitrogens with zero attached hydrogens (tertiary/aromatic N) is 2. The van der Waals surface area contributed by atoms with Crippen molar-refractivity contribution >= 4 is 33.3 Å². The van der Waals surface area contributed by atoms with E-state index in [0.29, 0.717) is 30.9 Å². The van der Waals surface area contributed by atoms with Crippen LogP contribution in [-0.2, 0) is 14.8 Å². The third-order valence-corrected chi connectivity index (χ3v) is 8.01. The number of hydrogen-bond donors (Lipinski definition) is 3. The first-order chi connectivity index (χ1) is 18.7. The average molecular weight is 594 g/mol. The maximum Gasteiger partial charge on any atom is 0.490 e. The second kappa shape index (κ2) is 12.8. The van der Waals surface area contributed by atoms with Gasteiger partial charge >= 0.3 is 18.1 Å². The van der Waals surface area contributed by atoms with Crippen molar-refractivity contribution < 1.29 is 50.2 Å². The smallest absolute Gasteiger partial charge is 0.478 e. The largest absolute Gasteiger partial charge is 0.490 e. The van der Waals surface area contributed by atoms with Crippen molar-refractivity contribution in [2.24, 2.45) is 0 Å². The van der Waals surface area contributed by atoms with E-state index in [4.69, 9.17) is 9.90 Å². The van der Waals surface area contributed by atoms with Crippen molar-refractivity contribution in [2.45, 2.75) is 49.2 Å². The third-order valence-electron chi connectivity index (χ3n) is 6.62. The number of carboxylic acid groups (broad SMARTS) is 2. The van der Waals surface area contributed by atoms with Crippen LogP contribution in [0.15, 0.2) is 41.3 Å². The van der Waals surface area contributed by atoms with E-state index < -0.39 is 44.7 Å². The molecule has 3 N–H and O–H groups in total. The van der Waals surface area contributed by atoms with E-state index in [9.17, 15) is 40.3 Å². The summed E-state index contributed by atoms with van der Waals surface area (Å²) in [7, 11) is -4.44. The van der Waals surface area contributed by atoms with E-state index in [1.807, 2.05) is 4.90 Å². The molecule has 0 spiro atoms. The lowest BCUT2D eigenvalue weighted by molar-refractivity contribution is -0.192. The van der Waals surface area contributed by atoms with E-state index in [2.05, 4.69) is 9.62 Å². The van der Waals surface area contributed by atoms with E-state index in [-0.39, 0.29) is 11.3 Å². The first-order valence-corrected chi connectivity index (χ1v) is 13.8. The third kappa shape index (κ3) is 8.03. The molecule has 2 aliphatic rings. The predicted molar refractivity (Wildman–Crippen MR) is 135 cm³/mol. The quantitative estimate of drug-likeness (QED) is 0.417. The van der Waals surface area contributed by atoms with Crippen LogP contribution in [0.2, 0.25) is 0 Å². The lowest BCUT2D eigenvalue weighted by Crippen LogP contribution is -2.47. The molecule has 0 amide bonds. The van der Waals surface area contributed by atoms with Gasteiger partial charge in [0.25, 0.3) is 10.0 Å². The molecule has 0 atom stereocenters. The minimum absolute atomic E-state index is 0.0389. The molecule has 0 aliphatic carbocycles. The molecule has 4 rings (SSSR count). The van der Waals surface area contributed by atoms with Crippen LogP contribution in [0.4, 0.5) is 33.3 Å². The Balaban J connectivity index is 0.000000559. The number of aromatic carboxylic acids is 1. The van der Waals surface area contributed by atoms with E-state index >= 15 is 0 Å². The summed E-state index contributed by atoms with van der Waals surface area (Å²) in [6, 6.07) is 6.84. The monoisotopic (exact) mass is 593 g/mol. The van der Waals surface area contributed by atoms with Gasteiger partial charge in [-0.2, -0.15) is 13.2 Å². The molecule has 220 valence electrons. The van der Waals surface area contributed by atoms with Gasteiger partial charge in [0.2, 0.25) is 0 Å². The van der Waals surface area contributed by atoms with Crippen LogP contribution in [0.5, 0.6) is 0 Å². The zero-order valence-electron chi connectivity index (χ0n) is 21.1. The van der Waals surface area contributed by atoms with Crippen LogP contribution in [0.3, 0.4) is 0 Å². The molecule has 9 nitrogen and oxygen atoms in total. The minimum atomic E-state index is -5.08. The van der Waals surface area contributed by atoms with Gasteiger partial charge in [0, 0.05) is 24.8 Å². The Morgan fingerprint density at radius 2 is 1.50 bits per heavy atom. The molecule has 2 aromatic rings. The molecule has 2 heterocycles. The number of likely N-dealkylation sites (tertiary alicyclic amines) is 1.